The van der Waals surface area contributed by atoms with Crippen LogP contribution in [0.5, 0.6) is 5.75 Å². The predicted molar refractivity (Wildman–Crippen MR) is 124 cm³/mol. The Labute approximate surface area is 189 Å². The van der Waals surface area contributed by atoms with Crippen molar-refractivity contribution in [1.29, 1.82) is 0 Å². The van der Waals surface area contributed by atoms with Gasteiger partial charge in [0.05, 0.1) is 16.7 Å². The number of anilines is 1. The average molecular weight is 463 g/mol. The van der Waals surface area contributed by atoms with E-state index < -0.39 is 10.8 Å². The van der Waals surface area contributed by atoms with Gasteiger partial charge in [-0.3, -0.25) is 19.8 Å². The van der Waals surface area contributed by atoms with E-state index in [0.29, 0.717) is 29.5 Å². The molecule has 0 unspecified atom stereocenters. The van der Waals surface area contributed by atoms with Crippen molar-refractivity contribution in [3.63, 3.8) is 0 Å². The topological polar surface area (TPSA) is 88.8 Å². The van der Waals surface area contributed by atoms with Crippen LogP contribution in [-0.2, 0) is 0 Å². The molecular formula is C21H23ClN4O4S. The fourth-order valence-corrected chi connectivity index (χ4v) is 4.42. The summed E-state index contributed by atoms with van der Waals surface area (Å²) in [5, 5.41) is 12.2. The molecule has 0 aliphatic heterocycles. The molecule has 2 aromatic carbocycles. The fraction of sp³-hybridized carbons (Fsp3) is 0.333. The number of hydrogen-bond acceptors (Lipinski definition) is 7. The molecule has 31 heavy (non-hydrogen) atoms. The van der Waals surface area contributed by atoms with Gasteiger partial charge in [-0.15, -0.1) is 0 Å². The lowest BCUT2D eigenvalue weighted by Crippen LogP contribution is -2.39. The van der Waals surface area contributed by atoms with Gasteiger partial charge in [-0.2, -0.15) is 0 Å². The van der Waals surface area contributed by atoms with E-state index in [1.807, 2.05) is 26.0 Å². The largest absolute Gasteiger partial charge is 0.494 e. The van der Waals surface area contributed by atoms with E-state index >= 15 is 0 Å². The maximum Gasteiger partial charge on any atom is 0.282 e. The van der Waals surface area contributed by atoms with Crippen molar-refractivity contribution in [1.82, 2.24) is 9.88 Å². The molecule has 8 nitrogen and oxygen atoms in total. The highest BCUT2D eigenvalue weighted by Crippen LogP contribution is 2.35. The van der Waals surface area contributed by atoms with E-state index in [1.165, 1.54) is 34.4 Å². The minimum absolute atomic E-state index is 0.0664. The Morgan fingerprint density at radius 3 is 2.61 bits per heavy atom. The lowest BCUT2D eigenvalue weighted by molar-refractivity contribution is -0.385. The van der Waals surface area contributed by atoms with Gasteiger partial charge in [-0.25, -0.2) is 4.98 Å². The van der Waals surface area contributed by atoms with Gasteiger partial charge in [0.2, 0.25) is 0 Å². The third-order valence-corrected chi connectivity index (χ3v) is 6.27. The summed E-state index contributed by atoms with van der Waals surface area (Å²) in [7, 11) is 1.56. The Balaban J connectivity index is 2.08. The molecule has 0 spiro atoms. The van der Waals surface area contributed by atoms with Crippen LogP contribution in [0.1, 0.15) is 24.2 Å². The summed E-state index contributed by atoms with van der Waals surface area (Å²) in [4.78, 5) is 32.8. The van der Waals surface area contributed by atoms with Crippen molar-refractivity contribution < 1.29 is 14.5 Å². The summed E-state index contributed by atoms with van der Waals surface area (Å²) in [6, 6.07) is 9.54. The van der Waals surface area contributed by atoms with Crippen molar-refractivity contribution in [2.75, 3.05) is 38.2 Å². The summed E-state index contributed by atoms with van der Waals surface area (Å²) < 4.78 is 6.25. The van der Waals surface area contributed by atoms with Crippen LogP contribution >= 0.6 is 22.9 Å². The third kappa shape index (κ3) is 4.95. The molecule has 0 aliphatic rings. The summed E-state index contributed by atoms with van der Waals surface area (Å²) in [6.45, 7) is 6.65. The Hall–Kier alpha value is -2.75. The zero-order valence-electron chi connectivity index (χ0n) is 17.5. The van der Waals surface area contributed by atoms with Gasteiger partial charge < -0.3 is 9.64 Å². The number of carbonyl (C=O) groups excluding carboxylic acids is 1. The first-order valence-electron chi connectivity index (χ1n) is 9.81. The van der Waals surface area contributed by atoms with Crippen LogP contribution < -0.4 is 9.64 Å². The van der Waals surface area contributed by atoms with Gasteiger partial charge in [0.15, 0.2) is 5.13 Å². The number of likely N-dealkylation sites (N-methyl/N-ethyl adjacent to an activating group) is 1. The number of halogens is 1. The molecular weight excluding hydrogens is 440 g/mol. The highest BCUT2D eigenvalue weighted by Gasteiger charge is 2.28. The van der Waals surface area contributed by atoms with Gasteiger partial charge in [-0.05, 0) is 37.4 Å². The van der Waals surface area contributed by atoms with E-state index in [-0.39, 0.29) is 16.3 Å². The number of para-hydroxylation sites is 1. The van der Waals surface area contributed by atoms with Crippen molar-refractivity contribution in [2.45, 2.75) is 13.8 Å². The normalized spacial score (nSPS) is 11.1. The second-order valence-corrected chi connectivity index (χ2v) is 8.15. The monoisotopic (exact) mass is 462 g/mol. The van der Waals surface area contributed by atoms with Crippen LogP contribution in [0, 0.1) is 10.1 Å². The predicted octanol–water partition coefficient (Wildman–Crippen LogP) is 4.86. The van der Waals surface area contributed by atoms with Crippen molar-refractivity contribution in [2.24, 2.45) is 0 Å². The zero-order valence-corrected chi connectivity index (χ0v) is 19.1. The summed E-state index contributed by atoms with van der Waals surface area (Å²) >= 11 is 7.40. The van der Waals surface area contributed by atoms with Crippen LogP contribution in [0.3, 0.4) is 0 Å². The first kappa shape index (κ1) is 22.9. The molecule has 0 saturated carbocycles. The number of methoxy groups -OCH3 is 1. The molecule has 0 radical (unpaired) electrons. The molecule has 1 heterocycles. The lowest BCUT2D eigenvalue weighted by atomic mass is 10.1. The number of nitrogens with zero attached hydrogens (tertiary/aromatic N) is 4. The number of carbonyl (C=O) groups is 1. The van der Waals surface area contributed by atoms with Gasteiger partial charge in [0.1, 0.15) is 16.8 Å². The highest BCUT2D eigenvalue weighted by molar-refractivity contribution is 7.22. The number of benzene rings is 2. The molecule has 3 aromatic rings. The minimum atomic E-state index is -0.576. The summed E-state index contributed by atoms with van der Waals surface area (Å²) in [5.74, 6) is 0.0873. The van der Waals surface area contributed by atoms with Crippen molar-refractivity contribution in [3.8, 4) is 5.75 Å². The Morgan fingerprint density at radius 1 is 1.23 bits per heavy atom. The van der Waals surface area contributed by atoms with Gasteiger partial charge in [0.25, 0.3) is 11.6 Å². The standard InChI is InChI=1S/C21H23ClN4O4S/c1-4-24(5-2)11-12-25(20(27)15-13-14(22)9-10-16(15)26(28)29)21-23-19-17(30-3)7-6-8-18(19)31-21/h6-10,13H,4-5,11-12H2,1-3H3. The lowest BCUT2D eigenvalue weighted by Gasteiger charge is -2.24. The molecule has 1 amide bonds. The smallest absolute Gasteiger partial charge is 0.282 e. The van der Waals surface area contributed by atoms with Gasteiger partial charge in [-0.1, -0.05) is 42.9 Å². The first-order valence-corrected chi connectivity index (χ1v) is 11.0. The van der Waals surface area contributed by atoms with Crippen LogP contribution in [0.25, 0.3) is 10.2 Å². The fourth-order valence-electron chi connectivity index (χ4n) is 3.24. The third-order valence-electron chi connectivity index (χ3n) is 4.99. The van der Waals surface area contributed by atoms with E-state index in [9.17, 15) is 14.9 Å². The molecule has 0 atom stereocenters. The number of ether oxygens (including phenoxy) is 1. The quantitative estimate of drug-likeness (QED) is 0.333. The van der Waals surface area contributed by atoms with Crippen LogP contribution in [0.15, 0.2) is 36.4 Å². The summed E-state index contributed by atoms with van der Waals surface area (Å²) in [5.41, 5.74) is 0.287. The first-order chi connectivity index (χ1) is 14.9. The Kier molecular flexibility index (Phi) is 7.42. The highest BCUT2D eigenvalue weighted by atomic mass is 35.5. The van der Waals surface area contributed by atoms with Crippen molar-refractivity contribution in [3.05, 3.63) is 57.1 Å². The molecule has 0 bridgehead atoms. The molecule has 164 valence electrons. The molecule has 0 aliphatic carbocycles. The molecule has 10 heteroatoms. The zero-order chi connectivity index (χ0) is 22.5. The van der Waals surface area contributed by atoms with E-state index in [2.05, 4.69) is 9.88 Å². The maximum atomic E-state index is 13.5. The number of nitro groups is 1. The average Bonchev–Trinajstić information content (AvgIpc) is 3.20. The van der Waals surface area contributed by atoms with E-state index in [0.717, 1.165) is 17.8 Å². The maximum absolute atomic E-state index is 13.5. The van der Waals surface area contributed by atoms with Crippen LogP contribution in [0.2, 0.25) is 5.02 Å². The SMILES string of the molecule is CCN(CC)CCN(C(=O)c1cc(Cl)ccc1[N+](=O)[O-])c1nc2c(OC)cccc2s1. The van der Waals surface area contributed by atoms with Crippen molar-refractivity contribution >= 4 is 49.9 Å². The van der Waals surface area contributed by atoms with Crippen LogP contribution in [0.4, 0.5) is 10.8 Å². The molecule has 0 saturated heterocycles. The van der Waals surface area contributed by atoms with Gasteiger partial charge >= 0.3 is 0 Å². The molecule has 3 rings (SSSR count). The Morgan fingerprint density at radius 2 is 1.97 bits per heavy atom. The number of nitro benzene ring substituents is 1. The number of amides is 1. The second-order valence-electron chi connectivity index (χ2n) is 6.71. The van der Waals surface area contributed by atoms with E-state index in [1.54, 1.807) is 13.2 Å². The number of hydrogen-bond donors (Lipinski definition) is 0. The van der Waals surface area contributed by atoms with E-state index in [4.69, 9.17) is 16.3 Å². The number of thiazole rings is 1. The second kappa shape index (κ2) is 10.0. The Bertz CT molecular complexity index is 1100. The molecule has 1 aromatic heterocycles. The number of fused-ring (bicyclic) bond motifs is 1. The molecule has 0 fully saturated rings. The van der Waals surface area contributed by atoms with Crippen LogP contribution in [-0.4, -0.2) is 54.0 Å². The summed E-state index contributed by atoms with van der Waals surface area (Å²) in [6.07, 6.45) is 0. The van der Waals surface area contributed by atoms with Gasteiger partial charge in [0, 0.05) is 24.2 Å². The number of aromatic nitrogens is 1. The molecule has 0 N–H and O–H groups in total. The minimum Gasteiger partial charge on any atom is -0.494 e. The number of rotatable bonds is 9.